The summed E-state index contributed by atoms with van der Waals surface area (Å²) in [5, 5.41) is 0. The molecule has 1 saturated heterocycles. The van der Waals surface area contributed by atoms with Crippen molar-refractivity contribution in [1.82, 2.24) is 9.80 Å². The van der Waals surface area contributed by atoms with Crippen LogP contribution < -0.4 is 0 Å². The van der Waals surface area contributed by atoms with Gasteiger partial charge in [0.15, 0.2) is 11.5 Å². The molecule has 0 aromatic carbocycles. The zero-order valence-electron chi connectivity index (χ0n) is 56.6. The summed E-state index contributed by atoms with van der Waals surface area (Å²) >= 11 is 0. The fraction of sp³-hybridized carbons (Fsp3) is 0.800. The second-order valence-electron chi connectivity index (χ2n) is 22.2. The minimum atomic E-state index is -0.299. The van der Waals surface area contributed by atoms with Gasteiger partial charge in [0.05, 0.1) is 52.1 Å². The maximum Gasteiger partial charge on any atom is 0.320 e. The molecular weight excluding hydrogens is 1090 g/mol. The van der Waals surface area contributed by atoms with Crippen molar-refractivity contribution in [2.24, 2.45) is 5.92 Å². The molecule has 1 amide bonds. The van der Waals surface area contributed by atoms with Gasteiger partial charge in [-0.1, -0.05) is 283 Å². The summed E-state index contributed by atoms with van der Waals surface area (Å²) in [6.07, 6.45) is 41.5. The minimum Gasteiger partial charge on any atom is -0.489 e. The van der Waals surface area contributed by atoms with Gasteiger partial charge in [-0.2, -0.15) is 0 Å². The lowest BCUT2D eigenvalue weighted by Gasteiger charge is -2.29. The lowest BCUT2D eigenvalue weighted by atomic mass is 10.0. The van der Waals surface area contributed by atoms with Gasteiger partial charge >= 0.3 is 17.9 Å². The molecule has 0 radical (unpaired) electrons. The Balaban J connectivity index is -0.000000242. The van der Waals surface area contributed by atoms with Crippen molar-refractivity contribution in [1.29, 1.82) is 0 Å². The number of hydrogen-bond acceptors (Lipinski definition) is 11. The van der Waals surface area contributed by atoms with E-state index < -0.39 is 0 Å². The molecule has 514 valence electrons. The highest BCUT2D eigenvalue weighted by atomic mass is 16.5. The number of nitrogens with zero attached hydrogens (tertiary/aromatic N) is 2. The van der Waals surface area contributed by atoms with Crippen molar-refractivity contribution >= 4 is 29.6 Å². The Morgan fingerprint density at radius 1 is 0.494 bits per heavy atom. The fourth-order valence-electron chi connectivity index (χ4n) is 9.39. The number of esters is 3. The van der Waals surface area contributed by atoms with Crippen LogP contribution in [0.4, 0.5) is 0 Å². The molecule has 1 rings (SSSR count). The predicted octanol–water partition coefficient (Wildman–Crippen LogP) is 21.2. The van der Waals surface area contributed by atoms with Crippen LogP contribution in [0.5, 0.6) is 0 Å². The summed E-state index contributed by atoms with van der Waals surface area (Å²) < 4.78 is 27.8. The monoisotopic (exact) mass is 1230 g/mol. The normalized spacial score (nSPS) is 12.5. The summed E-state index contributed by atoms with van der Waals surface area (Å²) in [4.78, 5) is 61.8. The summed E-state index contributed by atoms with van der Waals surface area (Å²) in [5.74, 6) is 1.52. The molecule has 0 aromatic heterocycles. The van der Waals surface area contributed by atoms with Crippen LogP contribution >= 0.6 is 0 Å². The molecule has 0 aliphatic carbocycles. The van der Waals surface area contributed by atoms with E-state index in [0.29, 0.717) is 76.8 Å². The molecule has 87 heavy (non-hydrogen) atoms. The Labute approximate surface area is 540 Å². The first-order chi connectivity index (χ1) is 40.7. The maximum absolute atomic E-state index is 12.8. The standard InChI is InChI=1S/C37H60N2O5.C14H26O3.C11H22O2.C8H18.C2H6.3CH4/c1-7-13-15-17-19-21-26-42-34(10-4)28-38(30-37(41)43-27-22-20-18-16-14-8-2)29-35(11-5)44-31-33-25-24-32(23-9-3)39(33)36(40)12-6;1-3-4-5-6-7-8-12-17-14(16)11-9-10-13(2)15;1-3-5-6-7-8-9-10-13-11(12)4-2;1-4-6-8(3)7-5-2;1-2;;;/h9,12,32-33H,3-8,13-31H2,1-2H3;3-12H2,1-2H3;3-10H2,1-2H3;8H,4-7H2,1-3H3;1-2H3;3*1H4/t32-,33-;;;;;;;/m0......./s1. The number of Topliss-reactive ketones (excluding diaryl/α,β-unsaturated/α-hetero) is 1. The van der Waals surface area contributed by atoms with E-state index in [0.717, 1.165) is 76.5 Å². The topological polar surface area (TPSA) is 138 Å². The van der Waals surface area contributed by atoms with E-state index in [9.17, 15) is 24.0 Å². The van der Waals surface area contributed by atoms with E-state index in [1.165, 1.54) is 134 Å². The molecule has 1 heterocycles. The van der Waals surface area contributed by atoms with Gasteiger partial charge in [-0.25, -0.2) is 0 Å². The van der Waals surface area contributed by atoms with Crippen LogP contribution in [0.1, 0.15) is 323 Å². The second kappa shape index (κ2) is 75.9. The Morgan fingerprint density at radius 2 is 0.874 bits per heavy atom. The number of likely N-dealkylation sites (tertiary alicyclic amines) is 1. The van der Waals surface area contributed by atoms with Crippen molar-refractivity contribution in [3.05, 3.63) is 61.4 Å². The average molecular weight is 1230 g/mol. The van der Waals surface area contributed by atoms with E-state index in [4.69, 9.17) is 23.7 Å². The highest BCUT2D eigenvalue weighted by Crippen LogP contribution is 2.28. The fourth-order valence-corrected chi connectivity index (χ4v) is 9.39. The van der Waals surface area contributed by atoms with Crippen molar-refractivity contribution in [2.75, 3.05) is 52.7 Å². The molecule has 0 spiro atoms. The Kier molecular flexibility index (Phi) is 84.0. The third kappa shape index (κ3) is 65.9. The van der Waals surface area contributed by atoms with E-state index in [1.807, 2.05) is 36.6 Å². The molecule has 1 aliphatic heterocycles. The van der Waals surface area contributed by atoms with Crippen molar-refractivity contribution in [3.8, 4) is 0 Å². The first kappa shape index (κ1) is 96.3. The Morgan fingerprint density at radius 3 is 1.25 bits per heavy atom. The van der Waals surface area contributed by atoms with Gasteiger partial charge in [0.1, 0.15) is 12.4 Å². The largest absolute Gasteiger partial charge is 0.489 e. The van der Waals surface area contributed by atoms with Gasteiger partial charge < -0.3 is 33.4 Å². The van der Waals surface area contributed by atoms with Crippen molar-refractivity contribution in [3.63, 3.8) is 0 Å². The van der Waals surface area contributed by atoms with Gasteiger partial charge in [-0.15, -0.1) is 6.58 Å². The number of carbonyl (C=O) groups excluding carboxylic acids is 5. The molecule has 1 aliphatic rings. The molecule has 12 nitrogen and oxygen atoms in total. The zero-order valence-corrected chi connectivity index (χ0v) is 56.6. The lowest BCUT2D eigenvalue weighted by Crippen LogP contribution is -2.42. The maximum atomic E-state index is 12.8. The van der Waals surface area contributed by atoms with Crippen LogP contribution in [-0.4, -0.2) is 104 Å². The molecule has 12 heteroatoms. The molecule has 2 atom stereocenters. The smallest absolute Gasteiger partial charge is 0.320 e. The first-order valence-electron chi connectivity index (χ1n) is 34.0. The molecular formula is C75H144N2O10. The number of amides is 1. The van der Waals surface area contributed by atoms with E-state index in [-0.39, 0.29) is 77.1 Å². The quantitative estimate of drug-likeness (QED) is 0.0109. The van der Waals surface area contributed by atoms with Crippen LogP contribution in [0.15, 0.2) is 61.4 Å². The Bertz CT molecular complexity index is 1680. The van der Waals surface area contributed by atoms with Crippen molar-refractivity contribution in [2.45, 2.75) is 335 Å². The predicted molar refractivity (Wildman–Crippen MR) is 374 cm³/mol. The number of hydrogen-bond donors (Lipinski definition) is 0. The lowest BCUT2D eigenvalue weighted by molar-refractivity contribution is -0.145. The minimum absolute atomic E-state index is 0. The molecule has 0 N–H and O–H groups in total. The highest BCUT2D eigenvalue weighted by molar-refractivity contribution is 5.87. The third-order valence-corrected chi connectivity index (χ3v) is 14.2. The number of ether oxygens (including phenoxy) is 5. The SMILES string of the molecule is C.C.C.C=C=C(CN(CC(=O)OCCCCCCCC)CC(=C=C)OC[C@@H]1CC[C@H](CC=C)N1C(=O)C=C)OCCCCCCCC.CC.CCCC(C)CCC.CCCCCCCCOC(=O)CC.CCCCCCCCOC(=O)CCCC(C)=O. The van der Waals surface area contributed by atoms with Crippen LogP contribution in [-0.2, 0) is 47.7 Å². The molecule has 0 bridgehead atoms. The summed E-state index contributed by atoms with van der Waals surface area (Å²) in [7, 11) is 0. The van der Waals surface area contributed by atoms with Crippen molar-refractivity contribution < 1.29 is 47.7 Å². The second-order valence-corrected chi connectivity index (χ2v) is 22.2. The van der Waals surface area contributed by atoms with Crippen LogP contribution in [0.2, 0.25) is 0 Å². The van der Waals surface area contributed by atoms with Gasteiger partial charge in [0.25, 0.3) is 0 Å². The average Bonchev–Trinajstić information content (AvgIpc) is 4.05. The molecule has 0 aromatic rings. The summed E-state index contributed by atoms with van der Waals surface area (Å²) in [5.41, 5.74) is 5.80. The van der Waals surface area contributed by atoms with Gasteiger partial charge in [-0.05, 0) is 70.3 Å². The highest BCUT2D eigenvalue weighted by Gasteiger charge is 2.35. The van der Waals surface area contributed by atoms with Crippen LogP contribution in [0, 0.1) is 5.92 Å². The number of rotatable bonds is 50. The molecule has 0 saturated carbocycles. The first-order valence-corrected chi connectivity index (χ1v) is 34.0. The van der Waals surface area contributed by atoms with Gasteiger partial charge in [-0.3, -0.25) is 24.1 Å². The number of carbonyl (C=O) groups is 5. The number of ketones is 1. The van der Waals surface area contributed by atoms with E-state index in [1.54, 1.807) is 6.92 Å². The number of unbranched alkanes of at least 4 members (excludes halogenated alkanes) is 20. The third-order valence-electron chi connectivity index (χ3n) is 14.2. The summed E-state index contributed by atoms with van der Waals surface area (Å²) in [6.45, 7) is 41.3. The molecule has 0 unspecified atom stereocenters. The van der Waals surface area contributed by atoms with Crippen LogP contribution in [0.25, 0.3) is 0 Å². The van der Waals surface area contributed by atoms with Crippen LogP contribution in [0.3, 0.4) is 0 Å². The van der Waals surface area contributed by atoms with Gasteiger partial charge in [0, 0.05) is 25.3 Å². The van der Waals surface area contributed by atoms with E-state index in [2.05, 4.69) is 86.2 Å². The summed E-state index contributed by atoms with van der Waals surface area (Å²) in [6, 6.07) is -0.00131. The zero-order chi connectivity index (χ0) is 63.7. The molecule has 1 fully saturated rings. The van der Waals surface area contributed by atoms with E-state index >= 15 is 0 Å². The van der Waals surface area contributed by atoms with Gasteiger partial charge in [0.2, 0.25) is 5.91 Å². The Hall–Kier alpha value is -4.37.